The second-order valence-corrected chi connectivity index (χ2v) is 4.46. The van der Waals surface area contributed by atoms with Gasteiger partial charge in [0.05, 0.1) is 12.3 Å². The zero-order valence-electron chi connectivity index (χ0n) is 9.60. The minimum Gasteiger partial charge on any atom is -0.369 e. The standard InChI is InChI=1S/C11H19N3O/c1-8(2)9-7-15-11(6-12-9)10-4-5-13-14(10)3/h4-5,8-9,11-12H,6-7H2,1-3H3. The first-order valence-corrected chi connectivity index (χ1v) is 5.51. The highest BCUT2D eigenvalue weighted by molar-refractivity contribution is 5.06. The molecule has 2 unspecified atom stereocenters. The number of nitrogens with zero attached hydrogens (tertiary/aromatic N) is 2. The van der Waals surface area contributed by atoms with E-state index in [1.807, 2.05) is 24.0 Å². The van der Waals surface area contributed by atoms with Gasteiger partial charge in [-0.1, -0.05) is 13.8 Å². The Bertz CT molecular complexity index is 313. The molecule has 0 amide bonds. The van der Waals surface area contributed by atoms with Crippen LogP contribution < -0.4 is 5.32 Å². The summed E-state index contributed by atoms with van der Waals surface area (Å²) in [4.78, 5) is 0. The molecular formula is C11H19N3O. The minimum atomic E-state index is 0.146. The molecule has 84 valence electrons. The SMILES string of the molecule is CC(C)C1COC(c2ccnn2C)CN1. The summed E-state index contributed by atoms with van der Waals surface area (Å²) in [5.74, 6) is 0.623. The summed E-state index contributed by atoms with van der Waals surface area (Å²) in [6.45, 7) is 6.09. The van der Waals surface area contributed by atoms with Gasteiger partial charge in [-0.15, -0.1) is 0 Å². The predicted molar refractivity (Wildman–Crippen MR) is 58.5 cm³/mol. The van der Waals surface area contributed by atoms with Gasteiger partial charge in [0.15, 0.2) is 0 Å². The van der Waals surface area contributed by atoms with Gasteiger partial charge in [-0.2, -0.15) is 5.10 Å². The van der Waals surface area contributed by atoms with Gasteiger partial charge in [-0.05, 0) is 12.0 Å². The van der Waals surface area contributed by atoms with Gasteiger partial charge in [0.25, 0.3) is 0 Å². The average molecular weight is 209 g/mol. The first kappa shape index (κ1) is 10.6. The van der Waals surface area contributed by atoms with Crippen LogP contribution in [0.2, 0.25) is 0 Å². The van der Waals surface area contributed by atoms with E-state index < -0.39 is 0 Å². The highest BCUT2D eigenvalue weighted by atomic mass is 16.5. The number of aryl methyl sites for hydroxylation is 1. The smallest absolute Gasteiger partial charge is 0.112 e. The largest absolute Gasteiger partial charge is 0.369 e. The molecule has 1 saturated heterocycles. The molecule has 1 N–H and O–H groups in total. The number of morpholine rings is 1. The molecule has 0 radical (unpaired) electrons. The number of hydrogen-bond donors (Lipinski definition) is 1. The van der Waals surface area contributed by atoms with E-state index in [1.54, 1.807) is 0 Å². The van der Waals surface area contributed by atoms with E-state index in [1.165, 1.54) is 0 Å². The highest BCUT2D eigenvalue weighted by Gasteiger charge is 2.25. The van der Waals surface area contributed by atoms with Crippen molar-refractivity contribution in [3.63, 3.8) is 0 Å². The van der Waals surface area contributed by atoms with Crippen molar-refractivity contribution in [2.75, 3.05) is 13.2 Å². The van der Waals surface area contributed by atoms with Crippen molar-refractivity contribution >= 4 is 0 Å². The van der Waals surface area contributed by atoms with Crippen molar-refractivity contribution in [2.24, 2.45) is 13.0 Å². The molecule has 1 aliphatic heterocycles. The first-order chi connectivity index (χ1) is 7.18. The fourth-order valence-electron chi connectivity index (χ4n) is 1.91. The van der Waals surface area contributed by atoms with Crippen LogP contribution in [-0.2, 0) is 11.8 Å². The summed E-state index contributed by atoms with van der Waals surface area (Å²) in [6.07, 6.45) is 1.96. The summed E-state index contributed by atoms with van der Waals surface area (Å²) in [5.41, 5.74) is 1.14. The summed E-state index contributed by atoms with van der Waals surface area (Å²) < 4.78 is 7.73. The molecule has 0 bridgehead atoms. The molecule has 1 aliphatic rings. The van der Waals surface area contributed by atoms with Crippen LogP contribution in [0.15, 0.2) is 12.3 Å². The molecule has 1 aromatic heterocycles. The fourth-order valence-corrected chi connectivity index (χ4v) is 1.91. The van der Waals surface area contributed by atoms with E-state index >= 15 is 0 Å². The first-order valence-electron chi connectivity index (χ1n) is 5.51. The quantitative estimate of drug-likeness (QED) is 0.793. The van der Waals surface area contributed by atoms with Gasteiger partial charge < -0.3 is 10.1 Å². The average Bonchev–Trinajstić information content (AvgIpc) is 2.65. The maximum absolute atomic E-state index is 5.85. The van der Waals surface area contributed by atoms with Crippen molar-refractivity contribution in [1.82, 2.24) is 15.1 Å². The maximum atomic E-state index is 5.85. The number of aromatic nitrogens is 2. The van der Waals surface area contributed by atoms with E-state index in [0.717, 1.165) is 18.8 Å². The topological polar surface area (TPSA) is 39.1 Å². The van der Waals surface area contributed by atoms with E-state index in [0.29, 0.717) is 12.0 Å². The van der Waals surface area contributed by atoms with Crippen LogP contribution in [0.25, 0.3) is 0 Å². The van der Waals surface area contributed by atoms with Crippen LogP contribution >= 0.6 is 0 Å². The second kappa shape index (κ2) is 4.33. The Hall–Kier alpha value is -0.870. The lowest BCUT2D eigenvalue weighted by atomic mass is 10.0. The van der Waals surface area contributed by atoms with E-state index in [-0.39, 0.29) is 6.10 Å². The fraction of sp³-hybridized carbons (Fsp3) is 0.727. The van der Waals surface area contributed by atoms with E-state index in [2.05, 4.69) is 24.3 Å². The van der Waals surface area contributed by atoms with Gasteiger partial charge >= 0.3 is 0 Å². The van der Waals surface area contributed by atoms with Crippen LogP contribution in [0.3, 0.4) is 0 Å². The summed E-state index contributed by atoms with van der Waals surface area (Å²) in [5, 5.41) is 7.67. The van der Waals surface area contributed by atoms with Crippen molar-refractivity contribution in [3.8, 4) is 0 Å². The Morgan fingerprint density at radius 2 is 2.40 bits per heavy atom. The maximum Gasteiger partial charge on any atom is 0.112 e. The monoisotopic (exact) mass is 209 g/mol. The van der Waals surface area contributed by atoms with E-state index in [4.69, 9.17) is 4.74 Å². The summed E-state index contributed by atoms with van der Waals surface area (Å²) in [7, 11) is 1.95. The predicted octanol–water partition coefficient (Wildman–Crippen LogP) is 1.11. The van der Waals surface area contributed by atoms with Gasteiger partial charge in [0, 0.05) is 25.8 Å². The van der Waals surface area contributed by atoms with Crippen molar-refractivity contribution in [3.05, 3.63) is 18.0 Å². The molecule has 1 fully saturated rings. The van der Waals surface area contributed by atoms with Gasteiger partial charge in [0.1, 0.15) is 6.10 Å². The lowest BCUT2D eigenvalue weighted by Gasteiger charge is -2.32. The molecule has 0 saturated carbocycles. The third kappa shape index (κ3) is 2.21. The van der Waals surface area contributed by atoms with Crippen LogP contribution in [0.1, 0.15) is 25.6 Å². The molecule has 4 nitrogen and oxygen atoms in total. The van der Waals surface area contributed by atoms with Gasteiger partial charge in [-0.3, -0.25) is 4.68 Å². The van der Waals surface area contributed by atoms with Crippen molar-refractivity contribution < 1.29 is 4.74 Å². The molecule has 2 heterocycles. The van der Waals surface area contributed by atoms with E-state index in [9.17, 15) is 0 Å². The van der Waals surface area contributed by atoms with Crippen LogP contribution in [0.4, 0.5) is 0 Å². The Labute approximate surface area is 90.6 Å². The normalized spacial score (nSPS) is 27.2. The molecule has 2 atom stereocenters. The van der Waals surface area contributed by atoms with Crippen molar-refractivity contribution in [2.45, 2.75) is 26.0 Å². The number of rotatable bonds is 2. The van der Waals surface area contributed by atoms with Crippen LogP contribution in [0, 0.1) is 5.92 Å². The third-order valence-corrected chi connectivity index (χ3v) is 3.04. The number of hydrogen-bond acceptors (Lipinski definition) is 3. The number of ether oxygens (including phenoxy) is 1. The molecule has 0 aliphatic carbocycles. The molecule has 0 spiro atoms. The molecule has 0 aromatic carbocycles. The third-order valence-electron chi connectivity index (χ3n) is 3.04. The van der Waals surface area contributed by atoms with Gasteiger partial charge in [0.2, 0.25) is 0 Å². The Morgan fingerprint density at radius 3 is 2.87 bits per heavy atom. The summed E-state index contributed by atoms with van der Waals surface area (Å²) >= 11 is 0. The molecule has 2 rings (SSSR count). The summed E-state index contributed by atoms with van der Waals surface area (Å²) in [6, 6.07) is 2.50. The molecular weight excluding hydrogens is 190 g/mol. The Balaban J connectivity index is 1.97. The van der Waals surface area contributed by atoms with Crippen molar-refractivity contribution in [1.29, 1.82) is 0 Å². The lowest BCUT2D eigenvalue weighted by Crippen LogP contribution is -2.46. The molecule has 4 heteroatoms. The minimum absolute atomic E-state index is 0.146. The Kier molecular flexibility index (Phi) is 3.07. The molecule has 15 heavy (non-hydrogen) atoms. The number of nitrogens with one attached hydrogen (secondary N) is 1. The van der Waals surface area contributed by atoms with Crippen LogP contribution in [0.5, 0.6) is 0 Å². The van der Waals surface area contributed by atoms with Gasteiger partial charge in [-0.25, -0.2) is 0 Å². The second-order valence-electron chi connectivity index (χ2n) is 4.46. The zero-order valence-corrected chi connectivity index (χ0v) is 9.60. The Morgan fingerprint density at radius 1 is 1.60 bits per heavy atom. The highest BCUT2D eigenvalue weighted by Crippen LogP contribution is 2.20. The lowest BCUT2D eigenvalue weighted by molar-refractivity contribution is -0.0112. The molecule has 1 aromatic rings. The van der Waals surface area contributed by atoms with Crippen LogP contribution in [-0.4, -0.2) is 29.0 Å². The zero-order chi connectivity index (χ0) is 10.8.